The van der Waals surface area contributed by atoms with Crippen molar-refractivity contribution in [3.63, 3.8) is 0 Å². The zero-order valence-corrected chi connectivity index (χ0v) is 13.0. The zero-order valence-electron chi connectivity index (χ0n) is 13.0. The van der Waals surface area contributed by atoms with Crippen molar-refractivity contribution in [1.29, 1.82) is 0 Å². The third kappa shape index (κ3) is 4.83. The van der Waals surface area contributed by atoms with Gasteiger partial charge in [0.25, 0.3) is 5.91 Å². The molecule has 4 nitrogen and oxygen atoms in total. The Labute approximate surface area is 122 Å². The summed E-state index contributed by atoms with van der Waals surface area (Å²) in [6, 6.07) is 3.55. The largest absolute Gasteiger partial charge is 0.384 e. The van der Waals surface area contributed by atoms with Crippen LogP contribution < -0.4 is 5.73 Å². The van der Waals surface area contributed by atoms with Gasteiger partial charge in [-0.25, -0.2) is 4.98 Å². The summed E-state index contributed by atoms with van der Waals surface area (Å²) in [6.07, 6.45) is 5.05. The summed E-state index contributed by atoms with van der Waals surface area (Å²) in [5.74, 6) is 0.509. The number of pyridine rings is 1. The van der Waals surface area contributed by atoms with Crippen molar-refractivity contribution >= 4 is 11.7 Å². The van der Waals surface area contributed by atoms with Crippen molar-refractivity contribution < 1.29 is 4.79 Å². The lowest BCUT2D eigenvalue weighted by molar-refractivity contribution is 0.0751. The van der Waals surface area contributed by atoms with Gasteiger partial charge in [-0.2, -0.15) is 0 Å². The van der Waals surface area contributed by atoms with Gasteiger partial charge in [-0.1, -0.05) is 33.6 Å². The lowest BCUT2D eigenvalue weighted by Gasteiger charge is -2.22. The lowest BCUT2D eigenvalue weighted by Crippen LogP contribution is -2.33. The maximum absolute atomic E-state index is 12.6. The van der Waals surface area contributed by atoms with Crippen LogP contribution >= 0.6 is 0 Å². The maximum Gasteiger partial charge on any atom is 0.254 e. The van der Waals surface area contributed by atoms with Crippen LogP contribution in [0.5, 0.6) is 0 Å². The number of rotatable bonds is 8. The summed E-state index contributed by atoms with van der Waals surface area (Å²) in [6.45, 7) is 7.93. The minimum absolute atomic E-state index is 0.0794. The van der Waals surface area contributed by atoms with Crippen LogP contribution in [0.25, 0.3) is 0 Å². The summed E-state index contributed by atoms with van der Waals surface area (Å²) in [5, 5.41) is 0. The van der Waals surface area contributed by atoms with E-state index in [4.69, 9.17) is 5.73 Å². The van der Waals surface area contributed by atoms with Crippen LogP contribution in [-0.4, -0.2) is 28.9 Å². The molecule has 1 rings (SSSR count). The molecule has 0 radical (unpaired) electrons. The average molecular weight is 277 g/mol. The van der Waals surface area contributed by atoms with Crippen molar-refractivity contribution in [2.75, 3.05) is 18.8 Å². The molecule has 0 atom stereocenters. The van der Waals surface area contributed by atoms with Gasteiger partial charge in [-0.05, 0) is 31.4 Å². The van der Waals surface area contributed by atoms with E-state index in [1.165, 1.54) is 0 Å². The Morgan fingerprint density at radius 3 is 2.25 bits per heavy atom. The summed E-state index contributed by atoms with van der Waals surface area (Å²) < 4.78 is 0. The molecule has 1 aromatic heterocycles. The zero-order chi connectivity index (χ0) is 15.0. The van der Waals surface area contributed by atoms with Crippen LogP contribution in [0, 0.1) is 0 Å². The number of aromatic nitrogens is 1. The fraction of sp³-hybridized carbons (Fsp3) is 0.625. The molecule has 0 aromatic carbocycles. The van der Waals surface area contributed by atoms with E-state index in [0.717, 1.165) is 50.9 Å². The number of nitrogens with two attached hydrogens (primary N) is 1. The van der Waals surface area contributed by atoms with Crippen LogP contribution in [-0.2, 0) is 6.42 Å². The van der Waals surface area contributed by atoms with E-state index >= 15 is 0 Å². The Morgan fingerprint density at radius 2 is 1.75 bits per heavy atom. The van der Waals surface area contributed by atoms with E-state index < -0.39 is 0 Å². The van der Waals surface area contributed by atoms with E-state index in [-0.39, 0.29) is 5.91 Å². The van der Waals surface area contributed by atoms with Crippen molar-refractivity contribution in [1.82, 2.24) is 9.88 Å². The Balaban J connectivity index is 2.89. The first kappa shape index (κ1) is 16.5. The number of carbonyl (C=O) groups excluding carboxylic acids is 1. The Hall–Kier alpha value is -1.58. The highest BCUT2D eigenvalue weighted by molar-refractivity contribution is 5.95. The van der Waals surface area contributed by atoms with Gasteiger partial charge in [0.15, 0.2) is 0 Å². The van der Waals surface area contributed by atoms with Crippen LogP contribution in [0.4, 0.5) is 5.82 Å². The van der Waals surface area contributed by atoms with Crippen LogP contribution in [0.3, 0.4) is 0 Å². The molecule has 1 aromatic rings. The second-order valence-electron chi connectivity index (χ2n) is 5.12. The Bertz CT molecular complexity index is 424. The van der Waals surface area contributed by atoms with Gasteiger partial charge in [-0.15, -0.1) is 0 Å². The molecule has 0 unspecified atom stereocenters. The monoisotopic (exact) mass is 277 g/mol. The fourth-order valence-electron chi connectivity index (χ4n) is 2.11. The van der Waals surface area contributed by atoms with E-state index in [1.54, 1.807) is 6.07 Å². The number of nitrogen functional groups attached to an aromatic ring is 1. The standard InChI is InChI=1S/C16H27N3O/c1-4-7-9-19(10-8-5-2)16(20)13-11-14(6-3)18-15(17)12-13/h11-12H,4-10H2,1-3H3,(H2,17,18). The molecule has 112 valence electrons. The van der Waals surface area contributed by atoms with Gasteiger partial charge < -0.3 is 10.6 Å². The Kier molecular flexibility index (Phi) is 7.05. The lowest BCUT2D eigenvalue weighted by atomic mass is 10.1. The van der Waals surface area contributed by atoms with Gasteiger partial charge in [0.1, 0.15) is 5.82 Å². The first-order valence-corrected chi connectivity index (χ1v) is 7.68. The molecule has 1 heterocycles. The second kappa shape index (κ2) is 8.56. The number of aryl methyl sites for hydroxylation is 1. The van der Waals surface area contributed by atoms with Gasteiger partial charge in [0.05, 0.1) is 0 Å². The van der Waals surface area contributed by atoms with Gasteiger partial charge in [0.2, 0.25) is 0 Å². The molecule has 2 N–H and O–H groups in total. The molecule has 1 amide bonds. The Morgan fingerprint density at radius 1 is 1.15 bits per heavy atom. The van der Waals surface area contributed by atoms with Gasteiger partial charge in [-0.3, -0.25) is 4.79 Å². The number of amides is 1. The van der Waals surface area contributed by atoms with Crippen LogP contribution in [0.1, 0.15) is 62.5 Å². The highest BCUT2D eigenvalue weighted by atomic mass is 16.2. The number of unbranched alkanes of at least 4 members (excludes halogenated alkanes) is 2. The molecule has 0 saturated carbocycles. The topological polar surface area (TPSA) is 59.2 Å². The van der Waals surface area contributed by atoms with Crippen molar-refractivity contribution in [3.8, 4) is 0 Å². The first-order valence-electron chi connectivity index (χ1n) is 7.68. The quantitative estimate of drug-likeness (QED) is 0.793. The van der Waals surface area contributed by atoms with E-state index in [1.807, 2.05) is 17.9 Å². The molecule has 4 heteroatoms. The average Bonchev–Trinajstić information content (AvgIpc) is 2.46. The molecule has 0 aliphatic carbocycles. The third-order valence-electron chi connectivity index (χ3n) is 3.36. The van der Waals surface area contributed by atoms with E-state index in [0.29, 0.717) is 11.4 Å². The molecule has 0 spiro atoms. The molecule has 0 saturated heterocycles. The molecule has 0 bridgehead atoms. The van der Waals surface area contributed by atoms with E-state index in [2.05, 4.69) is 18.8 Å². The fourth-order valence-corrected chi connectivity index (χ4v) is 2.11. The third-order valence-corrected chi connectivity index (χ3v) is 3.36. The maximum atomic E-state index is 12.6. The second-order valence-corrected chi connectivity index (χ2v) is 5.12. The highest BCUT2D eigenvalue weighted by Crippen LogP contribution is 2.13. The SMILES string of the molecule is CCCCN(CCCC)C(=O)c1cc(N)nc(CC)c1. The van der Waals surface area contributed by atoms with Crippen molar-refractivity contribution in [2.45, 2.75) is 52.9 Å². The first-order chi connectivity index (χ1) is 9.62. The van der Waals surface area contributed by atoms with Crippen LogP contribution in [0.2, 0.25) is 0 Å². The number of hydrogen-bond donors (Lipinski definition) is 1. The minimum Gasteiger partial charge on any atom is -0.384 e. The summed E-state index contributed by atoms with van der Waals surface area (Å²) >= 11 is 0. The summed E-state index contributed by atoms with van der Waals surface area (Å²) in [4.78, 5) is 18.8. The molecular weight excluding hydrogens is 250 g/mol. The number of anilines is 1. The van der Waals surface area contributed by atoms with Crippen molar-refractivity contribution in [3.05, 3.63) is 23.4 Å². The minimum atomic E-state index is 0.0794. The molecule has 0 aliphatic rings. The molecule has 20 heavy (non-hydrogen) atoms. The number of carbonyl (C=O) groups is 1. The van der Waals surface area contributed by atoms with Gasteiger partial charge in [0, 0.05) is 24.3 Å². The number of hydrogen-bond acceptors (Lipinski definition) is 3. The number of nitrogens with zero attached hydrogens (tertiary/aromatic N) is 2. The summed E-state index contributed by atoms with van der Waals surface area (Å²) in [7, 11) is 0. The van der Waals surface area contributed by atoms with E-state index in [9.17, 15) is 4.79 Å². The smallest absolute Gasteiger partial charge is 0.254 e. The molecule has 0 aliphatic heterocycles. The normalized spacial score (nSPS) is 10.6. The molecular formula is C16H27N3O. The van der Waals surface area contributed by atoms with Gasteiger partial charge >= 0.3 is 0 Å². The highest BCUT2D eigenvalue weighted by Gasteiger charge is 2.16. The predicted octanol–water partition coefficient (Wildman–Crippen LogP) is 3.27. The van der Waals surface area contributed by atoms with Crippen LogP contribution in [0.15, 0.2) is 12.1 Å². The summed E-state index contributed by atoms with van der Waals surface area (Å²) in [5.41, 5.74) is 7.33. The molecule has 0 fully saturated rings. The van der Waals surface area contributed by atoms with Crippen molar-refractivity contribution in [2.24, 2.45) is 0 Å². The predicted molar refractivity (Wildman–Crippen MR) is 83.7 cm³/mol.